The summed E-state index contributed by atoms with van der Waals surface area (Å²) in [7, 11) is 1.64. The molecule has 192 valence electrons. The van der Waals surface area contributed by atoms with Crippen LogP contribution in [0.4, 0.5) is 0 Å². The molecule has 7 heteroatoms. The first-order chi connectivity index (χ1) is 17.5. The minimum atomic E-state index is -0.191. The number of aromatic nitrogens is 1. The molecule has 0 saturated carbocycles. The fraction of sp³-hybridized carbons (Fsp3) is 0.448. The van der Waals surface area contributed by atoms with Crippen molar-refractivity contribution in [2.75, 3.05) is 40.0 Å². The van der Waals surface area contributed by atoms with Gasteiger partial charge >= 0.3 is 0 Å². The molecule has 0 radical (unpaired) electrons. The van der Waals surface area contributed by atoms with E-state index in [0.717, 1.165) is 37.7 Å². The molecular weight excluding hydrogens is 454 g/mol. The van der Waals surface area contributed by atoms with E-state index in [1.165, 1.54) is 5.56 Å². The quantitative estimate of drug-likeness (QED) is 0.399. The molecule has 1 saturated heterocycles. The maximum atomic E-state index is 13.3. The van der Waals surface area contributed by atoms with Crippen molar-refractivity contribution in [1.82, 2.24) is 15.2 Å². The van der Waals surface area contributed by atoms with E-state index in [1.807, 2.05) is 36.4 Å². The molecule has 4 rings (SSSR count). The number of fused-ring (bicyclic) bond motifs is 1. The molecule has 7 nitrogen and oxygen atoms in total. The van der Waals surface area contributed by atoms with Crippen molar-refractivity contribution < 1.29 is 19.0 Å². The summed E-state index contributed by atoms with van der Waals surface area (Å²) in [6.07, 6.45) is 2.81. The molecule has 0 spiro atoms. The topological polar surface area (TPSA) is 72.9 Å². The van der Waals surface area contributed by atoms with Crippen molar-refractivity contribution in [2.45, 2.75) is 45.2 Å². The second-order valence-corrected chi connectivity index (χ2v) is 9.48. The first kappa shape index (κ1) is 25.9. The highest BCUT2D eigenvalue weighted by Gasteiger charge is 2.24. The fourth-order valence-corrected chi connectivity index (χ4v) is 4.55. The predicted molar refractivity (Wildman–Crippen MR) is 142 cm³/mol. The van der Waals surface area contributed by atoms with Crippen molar-refractivity contribution in [3.05, 3.63) is 65.9 Å². The van der Waals surface area contributed by atoms with Gasteiger partial charge in [-0.3, -0.25) is 9.69 Å². The first-order valence-corrected chi connectivity index (χ1v) is 12.8. The normalized spacial score (nSPS) is 16.3. The lowest BCUT2D eigenvalue weighted by Crippen LogP contribution is -2.49. The summed E-state index contributed by atoms with van der Waals surface area (Å²) in [6, 6.07) is 18.3. The zero-order valence-corrected chi connectivity index (χ0v) is 21.5. The average Bonchev–Trinajstić information content (AvgIpc) is 2.89. The van der Waals surface area contributed by atoms with Crippen LogP contribution in [0.15, 0.2) is 54.6 Å². The molecule has 1 amide bonds. The lowest BCUT2D eigenvalue weighted by Gasteiger charge is -2.35. The van der Waals surface area contributed by atoms with Gasteiger partial charge in [0.05, 0.1) is 13.2 Å². The van der Waals surface area contributed by atoms with Gasteiger partial charge in [0.25, 0.3) is 5.91 Å². The van der Waals surface area contributed by atoms with Gasteiger partial charge in [0, 0.05) is 43.6 Å². The zero-order valence-electron chi connectivity index (χ0n) is 21.5. The number of piperidine rings is 1. The SMILES string of the molecule is COCCOc1cc(C(=O)N[C@@H]2CCCN(C(C)C)C2)nc2c(OCCc3ccccc3)cccc12. The zero-order chi connectivity index (χ0) is 25.3. The Morgan fingerprint density at radius 2 is 1.86 bits per heavy atom. The first-order valence-electron chi connectivity index (χ1n) is 12.8. The number of carbonyl (C=O) groups excluding carboxylic acids is 1. The monoisotopic (exact) mass is 491 g/mol. The number of amides is 1. The third-order valence-corrected chi connectivity index (χ3v) is 6.55. The molecule has 2 heterocycles. The molecule has 1 fully saturated rings. The summed E-state index contributed by atoms with van der Waals surface area (Å²) in [5.74, 6) is 1.05. The van der Waals surface area contributed by atoms with Crippen molar-refractivity contribution in [1.29, 1.82) is 0 Å². The van der Waals surface area contributed by atoms with Crippen LogP contribution in [-0.2, 0) is 11.2 Å². The third-order valence-electron chi connectivity index (χ3n) is 6.55. The van der Waals surface area contributed by atoms with Crippen LogP contribution in [0.5, 0.6) is 11.5 Å². The third kappa shape index (κ3) is 6.74. The Kier molecular flexibility index (Phi) is 9.14. The number of rotatable bonds is 11. The highest BCUT2D eigenvalue weighted by Crippen LogP contribution is 2.32. The maximum Gasteiger partial charge on any atom is 0.270 e. The van der Waals surface area contributed by atoms with Crippen LogP contribution < -0.4 is 14.8 Å². The van der Waals surface area contributed by atoms with Gasteiger partial charge in [-0.25, -0.2) is 4.98 Å². The van der Waals surface area contributed by atoms with E-state index in [9.17, 15) is 4.79 Å². The molecule has 0 bridgehead atoms. The standard InChI is InChI=1S/C29H37N3O4/c1-21(2)32-15-8-11-23(20-32)30-29(33)25-19-27(36-18-17-34-3)24-12-7-13-26(28(24)31-25)35-16-14-22-9-5-4-6-10-22/h4-7,9-10,12-13,19,21,23H,8,11,14-18,20H2,1-3H3,(H,30,33)/t23-/m1/s1. The summed E-state index contributed by atoms with van der Waals surface area (Å²) in [5.41, 5.74) is 2.16. The number of nitrogens with zero attached hydrogens (tertiary/aromatic N) is 2. The number of nitrogens with one attached hydrogen (secondary N) is 1. The van der Waals surface area contributed by atoms with Gasteiger partial charge < -0.3 is 19.5 Å². The Morgan fingerprint density at radius 3 is 2.64 bits per heavy atom. The van der Waals surface area contributed by atoms with E-state index in [4.69, 9.17) is 19.2 Å². The van der Waals surface area contributed by atoms with Crippen molar-refractivity contribution >= 4 is 16.8 Å². The molecule has 2 aromatic carbocycles. The van der Waals surface area contributed by atoms with Crippen LogP contribution in [0.1, 0.15) is 42.7 Å². The van der Waals surface area contributed by atoms with E-state index < -0.39 is 0 Å². The van der Waals surface area contributed by atoms with Crippen molar-refractivity contribution in [3.8, 4) is 11.5 Å². The smallest absolute Gasteiger partial charge is 0.270 e. The van der Waals surface area contributed by atoms with Crippen molar-refractivity contribution in [2.24, 2.45) is 0 Å². The molecule has 1 atom stereocenters. The Morgan fingerprint density at radius 1 is 1.06 bits per heavy atom. The van der Waals surface area contributed by atoms with E-state index in [-0.39, 0.29) is 11.9 Å². The number of pyridine rings is 1. The van der Waals surface area contributed by atoms with E-state index in [0.29, 0.717) is 48.6 Å². The molecule has 36 heavy (non-hydrogen) atoms. The number of para-hydroxylation sites is 1. The van der Waals surface area contributed by atoms with Crippen LogP contribution in [0.2, 0.25) is 0 Å². The number of hydrogen-bond acceptors (Lipinski definition) is 6. The Hall–Kier alpha value is -3.16. The summed E-state index contributed by atoms with van der Waals surface area (Å²) < 4.78 is 17.3. The van der Waals surface area contributed by atoms with Gasteiger partial charge in [-0.05, 0) is 50.9 Å². The summed E-state index contributed by atoms with van der Waals surface area (Å²) in [6.45, 7) is 7.64. The number of likely N-dealkylation sites (tertiary alicyclic amines) is 1. The second-order valence-electron chi connectivity index (χ2n) is 9.48. The van der Waals surface area contributed by atoms with E-state index in [2.05, 4.69) is 36.2 Å². The Labute approximate surface area is 213 Å². The number of ether oxygens (including phenoxy) is 3. The lowest BCUT2D eigenvalue weighted by atomic mass is 10.0. The Bertz CT molecular complexity index is 1140. The molecular formula is C29H37N3O4. The van der Waals surface area contributed by atoms with Crippen LogP contribution in [0.3, 0.4) is 0 Å². The van der Waals surface area contributed by atoms with Crippen LogP contribution in [0.25, 0.3) is 10.9 Å². The van der Waals surface area contributed by atoms with Crippen molar-refractivity contribution in [3.63, 3.8) is 0 Å². The van der Waals surface area contributed by atoms with Gasteiger partial charge in [0.2, 0.25) is 0 Å². The predicted octanol–water partition coefficient (Wildman–Crippen LogP) is 4.48. The minimum Gasteiger partial charge on any atom is -0.491 e. The molecule has 0 aliphatic carbocycles. The molecule has 1 aromatic heterocycles. The fourth-order valence-electron chi connectivity index (χ4n) is 4.55. The highest BCUT2D eigenvalue weighted by atomic mass is 16.5. The van der Waals surface area contributed by atoms with Gasteiger partial charge in [-0.15, -0.1) is 0 Å². The largest absolute Gasteiger partial charge is 0.491 e. The average molecular weight is 492 g/mol. The number of benzene rings is 2. The second kappa shape index (κ2) is 12.7. The number of methoxy groups -OCH3 is 1. The molecule has 1 aliphatic heterocycles. The minimum absolute atomic E-state index is 0.0985. The number of hydrogen-bond donors (Lipinski definition) is 1. The van der Waals surface area contributed by atoms with E-state index >= 15 is 0 Å². The van der Waals surface area contributed by atoms with Crippen LogP contribution >= 0.6 is 0 Å². The summed E-state index contributed by atoms with van der Waals surface area (Å²) in [5, 5.41) is 4.01. The lowest BCUT2D eigenvalue weighted by molar-refractivity contribution is 0.0881. The number of carbonyl (C=O) groups is 1. The Balaban J connectivity index is 1.56. The summed E-state index contributed by atoms with van der Waals surface area (Å²) in [4.78, 5) is 20.5. The van der Waals surface area contributed by atoms with Gasteiger partial charge in [-0.2, -0.15) is 0 Å². The molecule has 1 N–H and O–H groups in total. The van der Waals surface area contributed by atoms with Crippen LogP contribution in [-0.4, -0.2) is 67.9 Å². The maximum absolute atomic E-state index is 13.3. The molecule has 1 aliphatic rings. The van der Waals surface area contributed by atoms with E-state index in [1.54, 1.807) is 13.2 Å². The highest BCUT2D eigenvalue weighted by molar-refractivity contribution is 5.98. The van der Waals surface area contributed by atoms with Gasteiger partial charge in [-0.1, -0.05) is 36.4 Å². The molecule has 3 aromatic rings. The van der Waals surface area contributed by atoms with Gasteiger partial charge in [0.15, 0.2) is 0 Å². The van der Waals surface area contributed by atoms with Crippen LogP contribution in [0, 0.1) is 0 Å². The van der Waals surface area contributed by atoms with Gasteiger partial charge in [0.1, 0.15) is 29.3 Å². The summed E-state index contributed by atoms with van der Waals surface area (Å²) >= 11 is 0. The molecule has 0 unspecified atom stereocenters.